The highest BCUT2D eigenvalue weighted by Crippen LogP contribution is 2.29. The van der Waals surface area contributed by atoms with Crippen LogP contribution in [-0.2, 0) is 22.4 Å². The maximum atomic E-state index is 13.0. The first-order valence-corrected chi connectivity index (χ1v) is 10.5. The van der Waals surface area contributed by atoms with Crippen molar-refractivity contribution < 1.29 is 33.3 Å². The van der Waals surface area contributed by atoms with E-state index < -0.39 is 17.8 Å². The monoisotopic (exact) mass is 456 g/mol. The number of barbiturate groups is 1. The lowest BCUT2D eigenvalue weighted by molar-refractivity contribution is -0.142. The Labute approximate surface area is 192 Å². The molecule has 1 aliphatic rings. The second-order valence-electron chi connectivity index (χ2n) is 7.43. The summed E-state index contributed by atoms with van der Waals surface area (Å²) >= 11 is 0. The molecule has 1 heterocycles. The highest BCUT2D eigenvalue weighted by Gasteiger charge is 2.37. The molecule has 0 bridgehead atoms. The Balaban J connectivity index is 1.67. The molecule has 9 heteroatoms. The lowest BCUT2D eigenvalue weighted by Gasteiger charge is -2.32. The van der Waals surface area contributed by atoms with E-state index in [4.69, 9.17) is 18.9 Å². The van der Waals surface area contributed by atoms with Crippen molar-refractivity contribution in [3.05, 3.63) is 47.5 Å². The summed E-state index contributed by atoms with van der Waals surface area (Å²) in [6, 6.07) is 10.2. The van der Waals surface area contributed by atoms with Crippen LogP contribution < -0.4 is 18.9 Å². The number of ether oxygens (including phenoxy) is 4. The Morgan fingerprint density at radius 1 is 0.636 bits per heavy atom. The van der Waals surface area contributed by atoms with Gasteiger partial charge in [-0.15, -0.1) is 0 Å². The van der Waals surface area contributed by atoms with Crippen LogP contribution in [0.4, 0.5) is 4.79 Å². The second-order valence-corrected chi connectivity index (χ2v) is 7.43. The maximum absolute atomic E-state index is 13.0. The fourth-order valence-corrected chi connectivity index (χ4v) is 3.67. The highest BCUT2D eigenvalue weighted by molar-refractivity contribution is 6.14. The average Bonchev–Trinajstić information content (AvgIpc) is 2.83. The fourth-order valence-electron chi connectivity index (χ4n) is 3.67. The topological polar surface area (TPSA) is 94.6 Å². The van der Waals surface area contributed by atoms with Gasteiger partial charge in [-0.2, -0.15) is 0 Å². The molecule has 1 aliphatic heterocycles. The summed E-state index contributed by atoms with van der Waals surface area (Å²) in [5, 5.41) is 0. The Hall–Kier alpha value is -3.75. The Morgan fingerprint density at radius 3 is 1.39 bits per heavy atom. The van der Waals surface area contributed by atoms with Crippen molar-refractivity contribution in [3.8, 4) is 23.0 Å². The zero-order valence-corrected chi connectivity index (χ0v) is 19.3. The first kappa shape index (κ1) is 23.9. The Kier molecular flexibility index (Phi) is 7.76. The van der Waals surface area contributed by atoms with Gasteiger partial charge in [-0.05, 0) is 48.2 Å². The predicted octanol–water partition coefficient (Wildman–Crippen LogP) is 2.69. The molecule has 176 valence electrons. The van der Waals surface area contributed by atoms with Crippen molar-refractivity contribution in [2.24, 2.45) is 0 Å². The molecule has 2 aromatic carbocycles. The minimum atomic E-state index is -0.600. The summed E-state index contributed by atoms with van der Waals surface area (Å²) in [6.45, 7) is 0.320. The van der Waals surface area contributed by atoms with Gasteiger partial charge in [0, 0.05) is 13.1 Å². The van der Waals surface area contributed by atoms with Crippen LogP contribution in [0.15, 0.2) is 36.4 Å². The van der Waals surface area contributed by atoms with Crippen LogP contribution in [0, 0.1) is 0 Å². The van der Waals surface area contributed by atoms with E-state index >= 15 is 0 Å². The molecule has 0 aliphatic carbocycles. The molecule has 0 atom stereocenters. The number of hydrogen-bond acceptors (Lipinski definition) is 7. The number of amides is 4. The number of methoxy groups -OCH3 is 4. The first-order chi connectivity index (χ1) is 15.9. The van der Waals surface area contributed by atoms with Crippen molar-refractivity contribution in [1.82, 2.24) is 9.80 Å². The van der Waals surface area contributed by atoms with Gasteiger partial charge in [0.05, 0.1) is 28.4 Å². The molecule has 3 rings (SSSR count). The fraction of sp³-hybridized carbons (Fsp3) is 0.375. The number of imide groups is 2. The summed E-state index contributed by atoms with van der Waals surface area (Å²) in [6.07, 6.45) is 0.523. The summed E-state index contributed by atoms with van der Waals surface area (Å²) in [5.41, 5.74) is 1.75. The molecule has 1 saturated heterocycles. The summed E-state index contributed by atoms with van der Waals surface area (Å²) in [5.74, 6) is 1.34. The molecular weight excluding hydrogens is 428 g/mol. The van der Waals surface area contributed by atoms with E-state index in [1.165, 1.54) is 0 Å². The zero-order chi connectivity index (χ0) is 24.0. The van der Waals surface area contributed by atoms with E-state index in [0.29, 0.717) is 35.8 Å². The number of rotatable bonds is 10. The molecule has 9 nitrogen and oxygen atoms in total. The van der Waals surface area contributed by atoms with E-state index in [1.807, 2.05) is 12.1 Å². The number of nitrogens with zero attached hydrogens (tertiary/aromatic N) is 2. The molecule has 0 spiro atoms. The van der Waals surface area contributed by atoms with Gasteiger partial charge in [0.15, 0.2) is 23.0 Å². The van der Waals surface area contributed by atoms with E-state index in [9.17, 15) is 14.4 Å². The third kappa shape index (κ3) is 5.36. The van der Waals surface area contributed by atoms with Gasteiger partial charge in [0.1, 0.15) is 6.42 Å². The molecule has 0 aromatic heterocycles. The van der Waals surface area contributed by atoms with Gasteiger partial charge in [-0.1, -0.05) is 12.1 Å². The number of urea groups is 1. The van der Waals surface area contributed by atoms with Crippen molar-refractivity contribution in [3.63, 3.8) is 0 Å². The van der Waals surface area contributed by atoms with Gasteiger partial charge in [-0.25, -0.2) is 4.79 Å². The third-order valence-corrected chi connectivity index (χ3v) is 5.51. The molecule has 0 radical (unpaired) electrons. The second kappa shape index (κ2) is 10.7. The van der Waals surface area contributed by atoms with E-state index in [-0.39, 0.29) is 19.5 Å². The molecule has 4 amide bonds. The Morgan fingerprint density at radius 2 is 1.03 bits per heavy atom. The lowest BCUT2D eigenvalue weighted by atomic mass is 10.1. The molecule has 33 heavy (non-hydrogen) atoms. The van der Waals surface area contributed by atoms with Gasteiger partial charge < -0.3 is 18.9 Å². The maximum Gasteiger partial charge on any atom is 0.333 e. The normalized spacial score (nSPS) is 13.9. The number of carbonyl (C=O) groups is 3. The largest absolute Gasteiger partial charge is 0.493 e. The van der Waals surface area contributed by atoms with Crippen LogP contribution in [0.5, 0.6) is 23.0 Å². The van der Waals surface area contributed by atoms with Crippen LogP contribution in [-0.4, -0.2) is 69.2 Å². The number of hydrogen-bond donors (Lipinski definition) is 0. The number of benzene rings is 2. The molecule has 2 aromatic rings. The summed E-state index contributed by atoms with van der Waals surface area (Å²) in [4.78, 5) is 40.1. The molecule has 0 unspecified atom stereocenters. The van der Waals surface area contributed by atoms with Gasteiger partial charge in [0.25, 0.3) is 0 Å². The van der Waals surface area contributed by atoms with Crippen LogP contribution >= 0.6 is 0 Å². The van der Waals surface area contributed by atoms with Crippen molar-refractivity contribution in [2.75, 3.05) is 41.5 Å². The van der Waals surface area contributed by atoms with E-state index in [1.54, 1.807) is 52.7 Å². The third-order valence-electron chi connectivity index (χ3n) is 5.51. The predicted molar refractivity (Wildman–Crippen MR) is 120 cm³/mol. The summed E-state index contributed by atoms with van der Waals surface area (Å²) < 4.78 is 21.1. The molecule has 0 N–H and O–H groups in total. The van der Waals surface area contributed by atoms with Crippen LogP contribution in [0.25, 0.3) is 0 Å². The average molecular weight is 456 g/mol. The van der Waals surface area contributed by atoms with Gasteiger partial charge >= 0.3 is 6.03 Å². The first-order valence-electron chi connectivity index (χ1n) is 10.5. The SMILES string of the molecule is COc1ccc(CCN2C(=O)CC(=O)N(CCc3ccc(OC)c(OC)c3)C2=O)cc1OC. The lowest BCUT2D eigenvalue weighted by Crippen LogP contribution is -2.55. The van der Waals surface area contributed by atoms with Crippen LogP contribution in [0.2, 0.25) is 0 Å². The minimum absolute atomic E-state index is 0.160. The standard InChI is InChI=1S/C24H28N2O7/c1-30-18-7-5-16(13-20(18)32-3)9-11-25-22(27)15-23(28)26(24(25)29)12-10-17-6-8-19(31-2)21(14-17)33-4/h5-8,13-14H,9-12,15H2,1-4H3. The van der Waals surface area contributed by atoms with Gasteiger partial charge in [0.2, 0.25) is 11.8 Å². The van der Waals surface area contributed by atoms with Gasteiger partial charge in [-0.3, -0.25) is 19.4 Å². The zero-order valence-electron chi connectivity index (χ0n) is 19.3. The minimum Gasteiger partial charge on any atom is -0.493 e. The smallest absolute Gasteiger partial charge is 0.333 e. The molecule has 1 fully saturated rings. The van der Waals surface area contributed by atoms with Crippen LogP contribution in [0.1, 0.15) is 17.5 Å². The van der Waals surface area contributed by atoms with Crippen LogP contribution in [0.3, 0.4) is 0 Å². The quantitative estimate of drug-likeness (QED) is 0.507. The van der Waals surface area contributed by atoms with Crippen molar-refractivity contribution in [1.29, 1.82) is 0 Å². The van der Waals surface area contributed by atoms with Crippen molar-refractivity contribution >= 4 is 17.8 Å². The number of carbonyl (C=O) groups excluding carboxylic acids is 3. The van der Waals surface area contributed by atoms with E-state index in [0.717, 1.165) is 20.9 Å². The molecule has 0 saturated carbocycles. The van der Waals surface area contributed by atoms with E-state index in [2.05, 4.69) is 0 Å². The van der Waals surface area contributed by atoms with Crippen molar-refractivity contribution in [2.45, 2.75) is 19.3 Å². The summed E-state index contributed by atoms with van der Waals surface area (Å²) in [7, 11) is 6.19. The Bertz CT molecular complexity index is 958. The highest BCUT2D eigenvalue weighted by atomic mass is 16.5. The molecular formula is C24H28N2O7.